The molecule has 0 amide bonds. The monoisotopic (exact) mass is 297 g/mol. The van der Waals surface area contributed by atoms with Crippen LogP contribution in [-0.4, -0.2) is 30.3 Å². The average Bonchev–Trinajstić information content (AvgIpc) is 2.94. The molecule has 3 N–H and O–H groups in total. The first-order valence-electron chi connectivity index (χ1n) is 6.45. The molecule has 0 aliphatic heterocycles. The van der Waals surface area contributed by atoms with Crippen LogP contribution in [0, 0.1) is 0 Å². The molecule has 0 saturated heterocycles. The summed E-state index contributed by atoms with van der Waals surface area (Å²) >= 11 is 0. The van der Waals surface area contributed by atoms with Gasteiger partial charge in [-0.05, 0) is 18.6 Å². The fourth-order valence-electron chi connectivity index (χ4n) is 1.93. The van der Waals surface area contributed by atoms with E-state index in [0.29, 0.717) is 30.1 Å². The van der Waals surface area contributed by atoms with Crippen molar-refractivity contribution in [3.8, 4) is 17.0 Å². The predicted octanol–water partition coefficient (Wildman–Crippen LogP) is 2.71. The first-order valence-corrected chi connectivity index (χ1v) is 6.45. The van der Waals surface area contributed by atoms with Crippen molar-refractivity contribution in [1.29, 1.82) is 0 Å². The third-order valence-corrected chi connectivity index (χ3v) is 2.97. The third-order valence-electron chi connectivity index (χ3n) is 2.97. The highest BCUT2D eigenvalue weighted by Crippen LogP contribution is 2.30. The number of aromatic amines is 1. The zero-order chi connectivity index (χ0) is 15.2. The van der Waals surface area contributed by atoms with E-state index in [1.165, 1.54) is 6.07 Å². The van der Waals surface area contributed by atoms with Crippen molar-refractivity contribution in [1.82, 2.24) is 9.97 Å². The SMILES string of the molecule is COCCC(N)c1ncc(-c2ccccc2OC(F)F)[nH]1. The number of methoxy groups -OCH3 is 1. The maximum absolute atomic E-state index is 12.4. The number of rotatable bonds is 7. The zero-order valence-electron chi connectivity index (χ0n) is 11.6. The van der Waals surface area contributed by atoms with E-state index in [4.69, 9.17) is 10.5 Å². The van der Waals surface area contributed by atoms with Crippen molar-refractivity contribution in [2.45, 2.75) is 19.1 Å². The van der Waals surface area contributed by atoms with Crippen LogP contribution in [0.15, 0.2) is 30.5 Å². The quantitative estimate of drug-likeness (QED) is 0.824. The van der Waals surface area contributed by atoms with Crippen LogP contribution in [0.1, 0.15) is 18.3 Å². The maximum atomic E-state index is 12.4. The van der Waals surface area contributed by atoms with Crippen LogP contribution in [0.4, 0.5) is 8.78 Å². The molecular formula is C14H17F2N3O2. The smallest absolute Gasteiger partial charge is 0.387 e. The Morgan fingerprint density at radius 2 is 2.10 bits per heavy atom. The van der Waals surface area contributed by atoms with Gasteiger partial charge < -0.3 is 20.2 Å². The lowest BCUT2D eigenvalue weighted by Crippen LogP contribution is -2.14. The molecule has 5 nitrogen and oxygen atoms in total. The largest absolute Gasteiger partial charge is 0.434 e. The number of imidazole rings is 1. The van der Waals surface area contributed by atoms with E-state index in [1.54, 1.807) is 31.5 Å². The molecule has 1 aromatic heterocycles. The molecule has 1 heterocycles. The molecule has 0 bridgehead atoms. The van der Waals surface area contributed by atoms with E-state index in [-0.39, 0.29) is 11.8 Å². The molecule has 0 spiro atoms. The average molecular weight is 297 g/mol. The second-order valence-corrected chi connectivity index (χ2v) is 4.44. The van der Waals surface area contributed by atoms with Gasteiger partial charge in [0.2, 0.25) is 0 Å². The second kappa shape index (κ2) is 7.14. The Hall–Kier alpha value is -1.99. The summed E-state index contributed by atoms with van der Waals surface area (Å²) in [6.07, 6.45) is 2.16. The molecule has 0 aliphatic rings. The molecule has 1 atom stereocenters. The summed E-state index contributed by atoms with van der Waals surface area (Å²) in [7, 11) is 1.60. The van der Waals surface area contributed by atoms with Crippen molar-refractivity contribution in [3.63, 3.8) is 0 Å². The highest BCUT2D eigenvalue weighted by molar-refractivity contribution is 5.66. The zero-order valence-corrected chi connectivity index (χ0v) is 11.6. The van der Waals surface area contributed by atoms with Crippen LogP contribution in [0.5, 0.6) is 5.75 Å². The van der Waals surface area contributed by atoms with Crippen LogP contribution in [0.2, 0.25) is 0 Å². The Labute approximate surface area is 121 Å². The number of halogens is 2. The Kier molecular flexibility index (Phi) is 5.24. The number of nitrogens with one attached hydrogen (secondary N) is 1. The van der Waals surface area contributed by atoms with E-state index in [1.807, 2.05) is 0 Å². The minimum atomic E-state index is -2.88. The number of hydrogen-bond acceptors (Lipinski definition) is 4. The van der Waals surface area contributed by atoms with Crippen molar-refractivity contribution in [3.05, 3.63) is 36.3 Å². The van der Waals surface area contributed by atoms with E-state index in [0.717, 1.165) is 0 Å². The van der Waals surface area contributed by atoms with Gasteiger partial charge in [0, 0.05) is 19.3 Å². The molecule has 7 heteroatoms. The first-order chi connectivity index (χ1) is 10.1. The number of aromatic nitrogens is 2. The molecule has 21 heavy (non-hydrogen) atoms. The molecular weight excluding hydrogens is 280 g/mol. The maximum Gasteiger partial charge on any atom is 0.387 e. The van der Waals surface area contributed by atoms with Gasteiger partial charge in [0.1, 0.15) is 11.6 Å². The van der Waals surface area contributed by atoms with Gasteiger partial charge in [-0.2, -0.15) is 8.78 Å². The van der Waals surface area contributed by atoms with E-state index >= 15 is 0 Å². The lowest BCUT2D eigenvalue weighted by Gasteiger charge is -2.09. The van der Waals surface area contributed by atoms with Gasteiger partial charge in [-0.1, -0.05) is 12.1 Å². The minimum Gasteiger partial charge on any atom is -0.434 e. The normalized spacial score (nSPS) is 12.6. The van der Waals surface area contributed by atoms with Gasteiger partial charge in [-0.25, -0.2) is 4.98 Å². The number of ether oxygens (including phenoxy) is 2. The van der Waals surface area contributed by atoms with E-state index in [2.05, 4.69) is 14.7 Å². The Bertz CT molecular complexity index is 575. The topological polar surface area (TPSA) is 73.2 Å². The number of alkyl halides is 2. The number of nitrogens with two attached hydrogens (primary N) is 1. The number of para-hydroxylation sites is 1. The van der Waals surface area contributed by atoms with Gasteiger partial charge in [-0.15, -0.1) is 0 Å². The summed E-state index contributed by atoms with van der Waals surface area (Å²) in [6.45, 7) is -2.36. The molecule has 0 aliphatic carbocycles. The number of benzene rings is 1. The van der Waals surface area contributed by atoms with Crippen LogP contribution >= 0.6 is 0 Å². The van der Waals surface area contributed by atoms with Crippen molar-refractivity contribution >= 4 is 0 Å². The Morgan fingerprint density at radius 1 is 1.33 bits per heavy atom. The fourth-order valence-corrected chi connectivity index (χ4v) is 1.93. The Balaban J connectivity index is 2.21. The summed E-state index contributed by atoms with van der Waals surface area (Å²) in [5.74, 6) is 0.669. The van der Waals surface area contributed by atoms with Crippen LogP contribution in [0.3, 0.4) is 0 Å². The molecule has 2 rings (SSSR count). The number of H-pyrrole nitrogens is 1. The van der Waals surface area contributed by atoms with Crippen molar-refractivity contribution < 1.29 is 18.3 Å². The molecule has 114 valence electrons. The van der Waals surface area contributed by atoms with Gasteiger partial charge in [0.25, 0.3) is 0 Å². The summed E-state index contributed by atoms with van der Waals surface area (Å²) in [6, 6.07) is 6.21. The second-order valence-electron chi connectivity index (χ2n) is 4.44. The molecule has 1 unspecified atom stereocenters. The highest BCUT2D eigenvalue weighted by Gasteiger charge is 2.15. The lowest BCUT2D eigenvalue weighted by molar-refractivity contribution is -0.0494. The standard InChI is InChI=1S/C14H17F2N3O2/c1-20-7-6-10(17)13-18-8-11(19-13)9-4-2-3-5-12(9)21-14(15)16/h2-5,8,10,14H,6-7,17H2,1H3,(H,18,19). The summed E-state index contributed by atoms with van der Waals surface area (Å²) in [4.78, 5) is 7.22. The van der Waals surface area contributed by atoms with Gasteiger partial charge in [0.05, 0.1) is 17.9 Å². The van der Waals surface area contributed by atoms with Gasteiger partial charge in [0.15, 0.2) is 0 Å². The molecule has 1 aromatic carbocycles. The van der Waals surface area contributed by atoms with Crippen LogP contribution < -0.4 is 10.5 Å². The van der Waals surface area contributed by atoms with Crippen LogP contribution in [0.25, 0.3) is 11.3 Å². The minimum absolute atomic E-state index is 0.0909. The number of hydrogen-bond donors (Lipinski definition) is 2. The Morgan fingerprint density at radius 3 is 2.81 bits per heavy atom. The molecule has 0 radical (unpaired) electrons. The summed E-state index contributed by atoms with van der Waals surface area (Å²) in [5.41, 5.74) is 7.05. The fraction of sp³-hybridized carbons (Fsp3) is 0.357. The van der Waals surface area contributed by atoms with E-state index in [9.17, 15) is 8.78 Å². The molecule has 2 aromatic rings. The van der Waals surface area contributed by atoms with Gasteiger partial charge in [-0.3, -0.25) is 0 Å². The number of nitrogens with zero attached hydrogens (tertiary/aromatic N) is 1. The third kappa shape index (κ3) is 3.99. The van der Waals surface area contributed by atoms with Crippen molar-refractivity contribution in [2.75, 3.05) is 13.7 Å². The van der Waals surface area contributed by atoms with E-state index < -0.39 is 6.61 Å². The lowest BCUT2D eigenvalue weighted by atomic mass is 10.1. The summed E-state index contributed by atoms with van der Waals surface area (Å²) in [5, 5.41) is 0. The predicted molar refractivity (Wildman–Crippen MR) is 74.1 cm³/mol. The molecule has 0 fully saturated rings. The first kappa shape index (κ1) is 15.4. The highest BCUT2D eigenvalue weighted by atomic mass is 19.3. The molecule has 0 saturated carbocycles. The van der Waals surface area contributed by atoms with Crippen LogP contribution in [-0.2, 0) is 4.74 Å². The summed E-state index contributed by atoms with van der Waals surface area (Å²) < 4.78 is 34.3. The van der Waals surface area contributed by atoms with Crippen molar-refractivity contribution in [2.24, 2.45) is 5.73 Å². The van der Waals surface area contributed by atoms with Gasteiger partial charge >= 0.3 is 6.61 Å².